The summed E-state index contributed by atoms with van der Waals surface area (Å²) in [6, 6.07) is 3.91. The lowest BCUT2D eigenvalue weighted by molar-refractivity contribution is -0.141. The van der Waals surface area contributed by atoms with Gasteiger partial charge in [0.15, 0.2) is 5.96 Å². The number of aliphatic imine (C=N–C) groups is 1. The van der Waals surface area contributed by atoms with Crippen LogP contribution in [0.2, 0.25) is 0 Å². The van der Waals surface area contributed by atoms with Crippen molar-refractivity contribution in [2.75, 3.05) is 12.3 Å². The van der Waals surface area contributed by atoms with Gasteiger partial charge >= 0.3 is 5.97 Å². The molecule has 4 amide bonds. The number of aliphatic carboxylic acids is 1. The first-order valence-electron chi connectivity index (χ1n) is 11.3. The molecule has 15 heteroatoms. The van der Waals surface area contributed by atoms with Gasteiger partial charge in [0, 0.05) is 12.3 Å². The van der Waals surface area contributed by atoms with Crippen LogP contribution in [0.25, 0.3) is 0 Å². The topological polar surface area (TPSA) is 258 Å². The molecule has 0 aliphatic rings. The quantitative estimate of drug-likeness (QED) is 0.0447. The summed E-state index contributed by atoms with van der Waals surface area (Å²) in [5.74, 6) is -4.98. The SMILES string of the molecule is NC(=O)CC(NC(=O)C(N)Cc1ccccc1)C(=O)NC(CCCN=C(N)N)C(=O)NC(CS)C(=O)O. The van der Waals surface area contributed by atoms with Gasteiger partial charge in [-0.15, -0.1) is 0 Å². The van der Waals surface area contributed by atoms with Gasteiger partial charge in [-0.3, -0.25) is 24.2 Å². The maximum Gasteiger partial charge on any atom is 0.327 e. The first-order valence-corrected chi connectivity index (χ1v) is 12.0. The van der Waals surface area contributed by atoms with Crippen LogP contribution in [-0.2, 0) is 30.4 Å². The Balaban J connectivity index is 2.98. The van der Waals surface area contributed by atoms with E-state index in [9.17, 15) is 29.1 Å². The number of carbonyl (C=O) groups is 5. The smallest absolute Gasteiger partial charge is 0.327 e. The lowest BCUT2D eigenvalue weighted by Crippen LogP contribution is -2.58. The lowest BCUT2D eigenvalue weighted by atomic mass is 10.0. The van der Waals surface area contributed by atoms with Crippen LogP contribution in [0.1, 0.15) is 24.8 Å². The zero-order valence-electron chi connectivity index (χ0n) is 20.1. The third-order valence-electron chi connectivity index (χ3n) is 5.05. The van der Waals surface area contributed by atoms with Crippen molar-refractivity contribution in [3.8, 4) is 0 Å². The third kappa shape index (κ3) is 12.1. The number of amides is 4. The van der Waals surface area contributed by atoms with Gasteiger partial charge in [-0.25, -0.2) is 4.79 Å². The molecule has 0 aliphatic heterocycles. The molecule has 0 saturated heterocycles. The van der Waals surface area contributed by atoms with E-state index in [4.69, 9.17) is 22.9 Å². The molecule has 1 aromatic carbocycles. The summed E-state index contributed by atoms with van der Waals surface area (Å²) < 4.78 is 0. The van der Waals surface area contributed by atoms with Crippen LogP contribution in [0.5, 0.6) is 0 Å². The zero-order chi connectivity index (χ0) is 28.0. The summed E-state index contributed by atoms with van der Waals surface area (Å²) in [7, 11) is 0. The number of rotatable bonds is 16. The minimum atomic E-state index is -1.43. The first kappa shape index (κ1) is 31.2. The average Bonchev–Trinajstić information content (AvgIpc) is 2.83. The van der Waals surface area contributed by atoms with E-state index in [-0.39, 0.29) is 37.5 Å². The van der Waals surface area contributed by atoms with E-state index in [0.717, 1.165) is 5.56 Å². The molecule has 0 saturated carbocycles. The molecule has 0 heterocycles. The highest BCUT2D eigenvalue weighted by atomic mass is 32.1. The molecule has 0 aliphatic carbocycles. The summed E-state index contributed by atoms with van der Waals surface area (Å²) in [6.45, 7) is 0.132. The molecule has 0 spiro atoms. The fourth-order valence-corrected chi connectivity index (χ4v) is 3.40. The molecule has 12 N–H and O–H groups in total. The van der Waals surface area contributed by atoms with Crippen LogP contribution in [0, 0.1) is 0 Å². The predicted molar refractivity (Wildman–Crippen MR) is 139 cm³/mol. The summed E-state index contributed by atoms with van der Waals surface area (Å²) >= 11 is 3.90. The molecular weight excluding hydrogens is 504 g/mol. The van der Waals surface area contributed by atoms with E-state index in [1.165, 1.54) is 0 Å². The van der Waals surface area contributed by atoms with Crippen LogP contribution in [-0.4, -0.2) is 77.1 Å². The Kier molecular flexibility index (Phi) is 13.5. The number of hydrogen-bond donors (Lipinski definition) is 9. The number of guanidine groups is 1. The van der Waals surface area contributed by atoms with Gasteiger partial charge in [0.25, 0.3) is 0 Å². The Morgan fingerprint density at radius 2 is 1.46 bits per heavy atom. The standard InChI is InChI=1S/C22H34N8O6S/c23-13(9-12-5-2-1-3-6-12)18(32)29-15(10-17(24)31)20(34)28-14(7-4-8-27-22(25)26)19(33)30-16(11-37)21(35)36/h1-3,5-6,13-16,37H,4,7-11,23H2,(H2,24,31)(H,28,34)(H,29,32)(H,30,33)(H,35,36)(H4,25,26,27). The Hall–Kier alpha value is -3.85. The molecular formula is C22H34N8O6S. The van der Waals surface area contributed by atoms with Crippen molar-refractivity contribution in [2.45, 2.75) is 49.9 Å². The molecule has 0 fully saturated rings. The maximum atomic E-state index is 13.0. The highest BCUT2D eigenvalue weighted by Crippen LogP contribution is 2.05. The second-order valence-corrected chi connectivity index (χ2v) is 8.48. The van der Waals surface area contributed by atoms with Gasteiger partial charge in [-0.2, -0.15) is 12.6 Å². The number of nitrogens with two attached hydrogens (primary N) is 4. The Bertz CT molecular complexity index is 973. The van der Waals surface area contributed by atoms with Gasteiger partial charge in [0.1, 0.15) is 18.1 Å². The van der Waals surface area contributed by atoms with E-state index in [0.29, 0.717) is 0 Å². The van der Waals surface area contributed by atoms with E-state index >= 15 is 0 Å². The molecule has 1 aromatic rings. The first-order chi connectivity index (χ1) is 17.4. The Labute approximate surface area is 219 Å². The number of benzene rings is 1. The number of nitrogens with one attached hydrogen (secondary N) is 3. The van der Waals surface area contributed by atoms with Gasteiger partial charge in [-0.1, -0.05) is 30.3 Å². The van der Waals surface area contributed by atoms with Gasteiger partial charge in [0.05, 0.1) is 12.5 Å². The number of primary amides is 1. The lowest BCUT2D eigenvalue weighted by Gasteiger charge is -2.24. The molecule has 4 unspecified atom stereocenters. The van der Waals surface area contributed by atoms with Crippen LogP contribution in [0.4, 0.5) is 0 Å². The molecule has 0 aromatic heterocycles. The van der Waals surface area contributed by atoms with Crippen LogP contribution < -0.4 is 38.9 Å². The van der Waals surface area contributed by atoms with Crippen molar-refractivity contribution >= 4 is 48.2 Å². The predicted octanol–water partition coefficient (Wildman–Crippen LogP) is -3.05. The molecule has 37 heavy (non-hydrogen) atoms. The molecule has 0 radical (unpaired) electrons. The number of carboxylic acid groups (broad SMARTS) is 1. The maximum absolute atomic E-state index is 13.0. The van der Waals surface area contributed by atoms with Crippen molar-refractivity contribution in [3.05, 3.63) is 35.9 Å². The minimum absolute atomic E-state index is 0.0119. The summed E-state index contributed by atoms with van der Waals surface area (Å²) in [5.41, 5.74) is 22.6. The fraction of sp³-hybridized carbons (Fsp3) is 0.455. The highest BCUT2D eigenvalue weighted by molar-refractivity contribution is 7.80. The normalized spacial score (nSPS) is 13.8. The van der Waals surface area contributed by atoms with Crippen LogP contribution in [0.15, 0.2) is 35.3 Å². The second kappa shape index (κ2) is 16.0. The van der Waals surface area contributed by atoms with Crippen molar-refractivity contribution < 1.29 is 29.1 Å². The number of carboxylic acids is 1. The van der Waals surface area contributed by atoms with Crippen molar-refractivity contribution in [2.24, 2.45) is 27.9 Å². The number of thiol groups is 1. The summed E-state index contributed by atoms with van der Waals surface area (Å²) in [5, 5.41) is 16.3. The second-order valence-electron chi connectivity index (χ2n) is 8.12. The fourth-order valence-electron chi connectivity index (χ4n) is 3.15. The Morgan fingerprint density at radius 1 is 0.892 bits per heavy atom. The van der Waals surface area contributed by atoms with Crippen molar-refractivity contribution in [1.29, 1.82) is 0 Å². The zero-order valence-corrected chi connectivity index (χ0v) is 21.0. The van der Waals surface area contributed by atoms with Crippen molar-refractivity contribution in [3.63, 3.8) is 0 Å². The number of carbonyl (C=O) groups excluding carboxylic acids is 4. The largest absolute Gasteiger partial charge is 0.480 e. The highest BCUT2D eigenvalue weighted by Gasteiger charge is 2.30. The Morgan fingerprint density at radius 3 is 2.00 bits per heavy atom. The third-order valence-corrected chi connectivity index (χ3v) is 5.41. The van der Waals surface area contributed by atoms with E-state index in [1.54, 1.807) is 30.3 Å². The average molecular weight is 539 g/mol. The van der Waals surface area contributed by atoms with Crippen LogP contribution >= 0.6 is 12.6 Å². The van der Waals surface area contributed by atoms with Crippen LogP contribution in [0.3, 0.4) is 0 Å². The molecule has 1 rings (SSSR count). The summed E-state index contributed by atoms with van der Waals surface area (Å²) in [6.07, 6.45) is -0.137. The monoisotopic (exact) mass is 538 g/mol. The summed E-state index contributed by atoms with van der Waals surface area (Å²) in [4.78, 5) is 65.0. The number of hydrogen-bond acceptors (Lipinski definition) is 8. The number of nitrogens with zero attached hydrogens (tertiary/aromatic N) is 1. The van der Waals surface area contributed by atoms with Gasteiger partial charge < -0.3 is 44.0 Å². The molecule has 204 valence electrons. The minimum Gasteiger partial charge on any atom is -0.480 e. The van der Waals surface area contributed by atoms with E-state index in [1.807, 2.05) is 0 Å². The van der Waals surface area contributed by atoms with Gasteiger partial charge in [-0.05, 0) is 24.8 Å². The molecule has 0 bridgehead atoms. The van der Waals surface area contributed by atoms with E-state index < -0.39 is 60.2 Å². The molecule has 14 nitrogen and oxygen atoms in total. The van der Waals surface area contributed by atoms with E-state index in [2.05, 4.69) is 33.6 Å². The molecule has 4 atom stereocenters. The van der Waals surface area contributed by atoms with Gasteiger partial charge in [0.2, 0.25) is 23.6 Å². The van der Waals surface area contributed by atoms with Crippen molar-refractivity contribution in [1.82, 2.24) is 16.0 Å².